The highest BCUT2D eigenvalue weighted by Crippen LogP contribution is 2.33. The highest BCUT2D eigenvalue weighted by Gasteiger charge is 2.34. The molecule has 0 radical (unpaired) electrons. The van der Waals surface area contributed by atoms with Crippen molar-refractivity contribution >= 4 is 18.0 Å². The molecule has 30 heavy (non-hydrogen) atoms. The SMILES string of the molecule is Cc1oc(-c2ccc(C(F)(F)F)c(F)c2)nc1CCOC(=O)ON1C(=O)CCC1=O. The number of hydroxylamine groups is 2. The first-order valence-electron chi connectivity index (χ1n) is 8.60. The van der Waals surface area contributed by atoms with Crippen LogP contribution in [0.25, 0.3) is 11.5 Å². The fourth-order valence-electron chi connectivity index (χ4n) is 2.65. The minimum Gasteiger partial charge on any atom is -0.441 e. The highest BCUT2D eigenvalue weighted by atomic mass is 19.4. The van der Waals surface area contributed by atoms with Crippen LogP contribution in [-0.4, -0.2) is 34.6 Å². The third-order valence-corrected chi connectivity index (χ3v) is 4.14. The summed E-state index contributed by atoms with van der Waals surface area (Å²) in [7, 11) is 0. The Kier molecular flexibility index (Phi) is 5.76. The van der Waals surface area contributed by atoms with Gasteiger partial charge in [0.25, 0.3) is 11.8 Å². The van der Waals surface area contributed by atoms with E-state index in [4.69, 9.17) is 9.15 Å². The van der Waals surface area contributed by atoms with Gasteiger partial charge in [0.1, 0.15) is 18.2 Å². The third kappa shape index (κ3) is 4.58. The molecule has 2 heterocycles. The van der Waals surface area contributed by atoms with Crippen molar-refractivity contribution in [3.05, 3.63) is 41.0 Å². The van der Waals surface area contributed by atoms with Gasteiger partial charge in [0.15, 0.2) is 0 Å². The van der Waals surface area contributed by atoms with Gasteiger partial charge < -0.3 is 9.15 Å². The Morgan fingerprint density at radius 2 is 1.90 bits per heavy atom. The van der Waals surface area contributed by atoms with Gasteiger partial charge >= 0.3 is 12.3 Å². The summed E-state index contributed by atoms with van der Waals surface area (Å²) in [6.07, 6.45) is -6.16. The number of carbonyl (C=O) groups excluding carboxylic acids is 3. The number of nitrogens with zero attached hydrogens (tertiary/aromatic N) is 2. The van der Waals surface area contributed by atoms with E-state index < -0.39 is 35.5 Å². The molecule has 1 aliphatic heterocycles. The van der Waals surface area contributed by atoms with E-state index in [2.05, 4.69) is 9.82 Å². The summed E-state index contributed by atoms with van der Waals surface area (Å²) < 4.78 is 61.8. The van der Waals surface area contributed by atoms with E-state index >= 15 is 0 Å². The van der Waals surface area contributed by atoms with Crippen LogP contribution in [-0.2, 0) is 31.8 Å². The first-order chi connectivity index (χ1) is 14.1. The molecule has 0 aliphatic carbocycles. The van der Waals surface area contributed by atoms with Gasteiger partial charge in [0.2, 0.25) is 5.89 Å². The first-order valence-corrected chi connectivity index (χ1v) is 8.60. The van der Waals surface area contributed by atoms with Gasteiger partial charge in [-0.05, 0) is 25.1 Å². The van der Waals surface area contributed by atoms with E-state index in [1.54, 1.807) is 0 Å². The van der Waals surface area contributed by atoms with Gasteiger partial charge in [-0.25, -0.2) is 14.2 Å². The zero-order valence-electron chi connectivity index (χ0n) is 15.4. The molecule has 12 heteroatoms. The number of rotatable bonds is 5. The van der Waals surface area contributed by atoms with Crippen LogP contribution in [0.1, 0.15) is 29.9 Å². The van der Waals surface area contributed by atoms with Gasteiger partial charge in [-0.1, -0.05) is 5.06 Å². The van der Waals surface area contributed by atoms with E-state index in [1.807, 2.05) is 0 Å². The molecule has 0 N–H and O–H groups in total. The van der Waals surface area contributed by atoms with Crippen LogP contribution in [0.5, 0.6) is 0 Å². The molecule has 1 fully saturated rings. The summed E-state index contributed by atoms with van der Waals surface area (Å²) in [6, 6.07) is 2.28. The summed E-state index contributed by atoms with van der Waals surface area (Å²) >= 11 is 0. The zero-order chi connectivity index (χ0) is 22.1. The second kappa shape index (κ2) is 8.13. The van der Waals surface area contributed by atoms with Crippen molar-refractivity contribution < 1.29 is 45.9 Å². The van der Waals surface area contributed by atoms with Crippen molar-refractivity contribution in [2.75, 3.05) is 6.61 Å². The molecule has 8 nitrogen and oxygen atoms in total. The summed E-state index contributed by atoms with van der Waals surface area (Å²) in [5, 5.41) is 0.334. The van der Waals surface area contributed by atoms with Crippen molar-refractivity contribution in [2.45, 2.75) is 32.4 Å². The van der Waals surface area contributed by atoms with Crippen LogP contribution in [0.2, 0.25) is 0 Å². The zero-order valence-corrected chi connectivity index (χ0v) is 15.4. The lowest BCUT2D eigenvalue weighted by Crippen LogP contribution is -2.32. The Labute approximate surface area is 166 Å². The number of halogens is 4. The Morgan fingerprint density at radius 3 is 2.50 bits per heavy atom. The van der Waals surface area contributed by atoms with Crippen molar-refractivity contribution in [3.8, 4) is 11.5 Å². The number of aromatic nitrogens is 1. The minimum absolute atomic E-state index is 0.00114. The lowest BCUT2D eigenvalue weighted by molar-refractivity contribution is -0.177. The molecular weight excluding hydrogens is 416 g/mol. The molecule has 1 aromatic heterocycles. The van der Waals surface area contributed by atoms with Crippen molar-refractivity contribution in [3.63, 3.8) is 0 Å². The van der Waals surface area contributed by atoms with E-state index in [9.17, 15) is 31.9 Å². The summed E-state index contributed by atoms with van der Waals surface area (Å²) in [5.74, 6) is -2.59. The third-order valence-electron chi connectivity index (χ3n) is 4.14. The maximum Gasteiger partial charge on any atom is 0.533 e. The number of oxazole rings is 1. The lowest BCUT2D eigenvalue weighted by Gasteiger charge is -2.12. The minimum atomic E-state index is -4.82. The van der Waals surface area contributed by atoms with Crippen molar-refractivity contribution in [1.29, 1.82) is 0 Å². The van der Waals surface area contributed by atoms with Crippen LogP contribution in [0.4, 0.5) is 22.4 Å². The number of benzene rings is 1. The standard InChI is InChI=1S/C18H14F4N2O6/c1-9-13(6-7-28-17(27)30-24-14(25)4-5-15(24)26)23-16(29-9)10-2-3-11(12(19)8-10)18(20,21)22/h2-3,8H,4-7H2,1H3. The molecule has 0 spiro atoms. The number of amides is 2. The second-order valence-corrected chi connectivity index (χ2v) is 6.24. The molecule has 0 saturated carbocycles. The smallest absolute Gasteiger partial charge is 0.441 e. The fraction of sp³-hybridized carbons (Fsp3) is 0.333. The molecular formula is C18H14F4N2O6. The van der Waals surface area contributed by atoms with E-state index in [1.165, 1.54) is 6.92 Å². The van der Waals surface area contributed by atoms with Gasteiger partial charge in [0, 0.05) is 24.8 Å². The van der Waals surface area contributed by atoms with Crippen LogP contribution >= 0.6 is 0 Å². The molecule has 1 saturated heterocycles. The number of ether oxygens (including phenoxy) is 1. The number of hydrogen-bond acceptors (Lipinski definition) is 7. The predicted molar refractivity (Wildman–Crippen MR) is 88.9 cm³/mol. The Morgan fingerprint density at radius 1 is 1.23 bits per heavy atom. The Hall–Kier alpha value is -3.44. The van der Waals surface area contributed by atoms with Gasteiger partial charge in [-0.3, -0.25) is 14.4 Å². The average Bonchev–Trinajstić information content (AvgIpc) is 3.17. The summed E-state index contributed by atoms with van der Waals surface area (Å²) in [5.41, 5.74) is -1.09. The molecule has 160 valence electrons. The van der Waals surface area contributed by atoms with Gasteiger partial charge in [-0.15, -0.1) is 0 Å². The molecule has 2 amide bonds. The van der Waals surface area contributed by atoms with Gasteiger partial charge in [-0.2, -0.15) is 13.2 Å². The molecule has 0 atom stereocenters. The monoisotopic (exact) mass is 430 g/mol. The van der Waals surface area contributed by atoms with Crippen molar-refractivity contribution in [1.82, 2.24) is 10.0 Å². The Balaban J connectivity index is 1.60. The van der Waals surface area contributed by atoms with Gasteiger partial charge in [0.05, 0.1) is 11.3 Å². The number of carbonyl (C=O) groups is 3. The normalized spacial score (nSPS) is 14.4. The van der Waals surface area contributed by atoms with E-state index in [0.29, 0.717) is 22.9 Å². The molecule has 1 aromatic carbocycles. The van der Waals surface area contributed by atoms with Crippen LogP contribution < -0.4 is 0 Å². The summed E-state index contributed by atoms with van der Waals surface area (Å²) in [6.45, 7) is 1.27. The van der Waals surface area contributed by atoms with Crippen molar-refractivity contribution in [2.24, 2.45) is 0 Å². The highest BCUT2D eigenvalue weighted by molar-refractivity contribution is 6.01. The molecule has 3 rings (SSSR count). The number of alkyl halides is 3. The van der Waals surface area contributed by atoms with E-state index in [0.717, 1.165) is 6.07 Å². The topological polar surface area (TPSA) is 98.9 Å². The Bertz CT molecular complexity index is 985. The number of imide groups is 1. The lowest BCUT2D eigenvalue weighted by atomic mass is 10.1. The molecule has 0 bridgehead atoms. The van der Waals surface area contributed by atoms with Crippen LogP contribution in [0, 0.1) is 12.7 Å². The first kappa shape index (κ1) is 21.3. The van der Waals surface area contributed by atoms with E-state index in [-0.39, 0.29) is 43.1 Å². The number of aryl methyl sites for hydroxylation is 1. The maximum atomic E-state index is 13.7. The molecule has 1 aliphatic rings. The average molecular weight is 430 g/mol. The molecule has 2 aromatic rings. The maximum absolute atomic E-state index is 13.7. The number of hydrogen-bond donors (Lipinski definition) is 0. The fourth-order valence-corrected chi connectivity index (χ4v) is 2.65. The van der Waals surface area contributed by atoms with Crippen LogP contribution in [0.3, 0.4) is 0 Å². The second-order valence-electron chi connectivity index (χ2n) is 6.24. The molecule has 0 unspecified atom stereocenters. The largest absolute Gasteiger partial charge is 0.533 e. The predicted octanol–water partition coefficient (Wildman–Crippen LogP) is 3.57. The summed E-state index contributed by atoms with van der Waals surface area (Å²) in [4.78, 5) is 42.9. The van der Waals surface area contributed by atoms with Crippen LogP contribution in [0.15, 0.2) is 22.6 Å². The quantitative estimate of drug-likeness (QED) is 0.406.